The predicted molar refractivity (Wildman–Crippen MR) is 131 cm³/mol. The first-order valence-corrected chi connectivity index (χ1v) is 11.8. The van der Waals surface area contributed by atoms with Crippen molar-refractivity contribution in [3.8, 4) is 11.5 Å². The summed E-state index contributed by atoms with van der Waals surface area (Å²) in [4.78, 5) is 49.1. The number of aliphatic carboxylic acids is 1. The zero-order valence-corrected chi connectivity index (χ0v) is 20.8. The highest BCUT2D eigenvalue weighted by molar-refractivity contribution is 9.10. The van der Waals surface area contributed by atoms with Gasteiger partial charge in [-0.15, -0.1) is 0 Å². The topological polar surface area (TPSA) is 122 Å². The summed E-state index contributed by atoms with van der Waals surface area (Å²) in [5, 5.41) is 10.9. The third kappa shape index (κ3) is 6.52. The van der Waals surface area contributed by atoms with E-state index in [0.29, 0.717) is 39.8 Å². The van der Waals surface area contributed by atoms with E-state index in [-0.39, 0.29) is 15.7 Å². The highest BCUT2D eigenvalue weighted by Crippen LogP contribution is 2.37. The van der Waals surface area contributed by atoms with Crippen molar-refractivity contribution < 1.29 is 33.8 Å². The lowest BCUT2D eigenvalue weighted by atomic mass is 10.2. The molecular weight excluding hydrogens is 552 g/mol. The number of amides is 3. The number of halogens is 2. The van der Waals surface area contributed by atoms with Gasteiger partial charge in [-0.05, 0) is 82.7 Å². The first-order chi connectivity index (χ1) is 16.2. The van der Waals surface area contributed by atoms with Crippen LogP contribution in [0.1, 0.15) is 12.5 Å². The molecule has 0 aromatic heterocycles. The van der Waals surface area contributed by atoms with Gasteiger partial charge in [0.2, 0.25) is 5.91 Å². The fourth-order valence-electron chi connectivity index (χ4n) is 2.87. The van der Waals surface area contributed by atoms with Crippen LogP contribution in [0.2, 0.25) is 5.02 Å². The number of nitrogens with zero attached hydrogens (tertiary/aromatic N) is 1. The number of hydrogen-bond acceptors (Lipinski definition) is 7. The van der Waals surface area contributed by atoms with Gasteiger partial charge < -0.3 is 19.9 Å². The predicted octanol–water partition coefficient (Wildman–Crippen LogP) is 4.64. The molecule has 0 atom stereocenters. The quantitative estimate of drug-likeness (QED) is 0.419. The second-order valence-electron chi connectivity index (χ2n) is 6.77. The van der Waals surface area contributed by atoms with Crippen LogP contribution in [0.3, 0.4) is 0 Å². The number of carbonyl (C=O) groups excluding carboxylic acids is 3. The van der Waals surface area contributed by atoms with Crippen LogP contribution in [0, 0.1) is 0 Å². The van der Waals surface area contributed by atoms with Crippen LogP contribution in [0.15, 0.2) is 45.8 Å². The van der Waals surface area contributed by atoms with Crippen LogP contribution >= 0.6 is 39.3 Å². The van der Waals surface area contributed by atoms with E-state index in [9.17, 15) is 19.2 Å². The van der Waals surface area contributed by atoms with E-state index in [1.165, 1.54) is 12.1 Å². The molecule has 3 amide bonds. The first-order valence-electron chi connectivity index (χ1n) is 9.79. The van der Waals surface area contributed by atoms with Gasteiger partial charge in [-0.25, -0.2) is 4.79 Å². The summed E-state index contributed by atoms with van der Waals surface area (Å²) in [6.45, 7) is 1.36. The highest BCUT2D eigenvalue weighted by atomic mass is 79.9. The summed E-state index contributed by atoms with van der Waals surface area (Å²) in [6, 6.07) is 9.74. The van der Waals surface area contributed by atoms with Crippen LogP contribution < -0.4 is 14.8 Å². The molecule has 1 saturated heterocycles. The van der Waals surface area contributed by atoms with Crippen molar-refractivity contribution in [1.82, 2.24) is 4.90 Å². The Balaban J connectivity index is 1.68. The molecule has 2 N–H and O–H groups in total. The molecule has 0 radical (unpaired) electrons. The summed E-state index contributed by atoms with van der Waals surface area (Å²) < 4.78 is 10.9. The Morgan fingerprint density at radius 2 is 1.91 bits per heavy atom. The van der Waals surface area contributed by atoms with Gasteiger partial charge in [-0.1, -0.05) is 11.6 Å². The van der Waals surface area contributed by atoms with Crippen molar-refractivity contribution in [3.63, 3.8) is 0 Å². The maximum Gasteiger partial charge on any atom is 0.341 e. The van der Waals surface area contributed by atoms with Crippen LogP contribution in [0.25, 0.3) is 6.08 Å². The van der Waals surface area contributed by atoms with Crippen LogP contribution in [-0.2, 0) is 14.4 Å². The van der Waals surface area contributed by atoms with E-state index in [2.05, 4.69) is 21.2 Å². The minimum Gasteiger partial charge on any atom is -0.494 e. The number of carboxylic acids is 1. The first kappa shape index (κ1) is 25.6. The van der Waals surface area contributed by atoms with Gasteiger partial charge in [0, 0.05) is 5.69 Å². The number of nitrogens with one attached hydrogen (secondary N) is 1. The number of rotatable bonds is 9. The van der Waals surface area contributed by atoms with Gasteiger partial charge in [0.15, 0.2) is 12.4 Å². The molecule has 0 saturated carbocycles. The van der Waals surface area contributed by atoms with Gasteiger partial charge in [-0.2, -0.15) is 0 Å². The third-order valence-corrected chi connectivity index (χ3v) is 6.06. The third-order valence-electron chi connectivity index (χ3n) is 4.28. The SMILES string of the molecule is CCOc1ccc(NC(=O)CN2C(=O)S/C(=C/c3cc(Cl)c(OCC(=O)O)c(Br)c3)C2=O)cc1. The average Bonchev–Trinajstić information content (AvgIpc) is 3.02. The maximum absolute atomic E-state index is 12.7. The molecule has 0 unspecified atom stereocenters. The summed E-state index contributed by atoms with van der Waals surface area (Å²) in [7, 11) is 0. The van der Waals surface area contributed by atoms with Crippen molar-refractivity contribution in [2.24, 2.45) is 0 Å². The van der Waals surface area contributed by atoms with Gasteiger partial charge in [0.1, 0.15) is 12.3 Å². The van der Waals surface area contributed by atoms with Crippen LogP contribution in [-0.4, -0.2) is 52.8 Å². The Kier molecular flexibility index (Phi) is 8.59. The number of anilines is 1. The molecule has 12 heteroatoms. The van der Waals surface area contributed by atoms with Crippen molar-refractivity contribution in [2.45, 2.75) is 6.92 Å². The second kappa shape index (κ2) is 11.4. The zero-order chi connectivity index (χ0) is 24.8. The molecule has 3 rings (SSSR count). The monoisotopic (exact) mass is 568 g/mol. The lowest BCUT2D eigenvalue weighted by Gasteiger charge is -2.13. The van der Waals surface area contributed by atoms with E-state index in [0.717, 1.165) is 4.90 Å². The molecule has 0 aliphatic carbocycles. The van der Waals surface area contributed by atoms with E-state index < -0.39 is 36.2 Å². The number of carboxylic acid groups (broad SMARTS) is 1. The lowest BCUT2D eigenvalue weighted by Crippen LogP contribution is -2.36. The van der Waals surface area contributed by atoms with Crippen molar-refractivity contribution in [3.05, 3.63) is 56.4 Å². The average molecular weight is 570 g/mol. The molecule has 1 aliphatic rings. The molecule has 0 bridgehead atoms. The Morgan fingerprint density at radius 3 is 2.53 bits per heavy atom. The van der Waals surface area contributed by atoms with E-state index in [1.54, 1.807) is 30.3 Å². The van der Waals surface area contributed by atoms with Crippen LogP contribution in [0.4, 0.5) is 10.5 Å². The van der Waals surface area contributed by atoms with Gasteiger partial charge >= 0.3 is 5.97 Å². The number of carbonyl (C=O) groups is 4. The Hall–Kier alpha value is -3.02. The van der Waals surface area contributed by atoms with Gasteiger partial charge in [0.05, 0.1) is 21.0 Å². The Bertz CT molecular complexity index is 1150. The summed E-state index contributed by atoms with van der Waals surface area (Å²) >= 11 is 10.1. The summed E-state index contributed by atoms with van der Waals surface area (Å²) in [6.07, 6.45) is 1.45. The minimum atomic E-state index is -1.16. The molecule has 1 heterocycles. The Morgan fingerprint density at radius 1 is 1.21 bits per heavy atom. The second-order valence-corrected chi connectivity index (χ2v) is 9.02. The number of imide groups is 1. The molecule has 2 aromatic rings. The molecule has 178 valence electrons. The normalized spacial score (nSPS) is 14.4. The molecule has 1 fully saturated rings. The molecule has 1 aliphatic heterocycles. The molecule has 9 nitrogen and oxygen atoms in total. The molecule has 34 heavy (non-hydrogen) atoms. The number of thioether (sulfide) groups is 1. The molecule has 2 aromatic carbocycles. The van der Waals surface area contributed by atoms with Crippen molar-refractivity contribution in [1.29, 1.82) is 0 Å². The lowest BCUT2D eigenvalue weighted by molar-refractivity contribution is -0.139. The smallest absolute Gasteiger partial charge is 0.341 e. The van der Waals surface area contributed by atoms with Crippen LogP contribution in [0.5, 0.6) is 11.5 Å². The minimum absolute atomic E-state index is 0.112. The molecule has 0 spiro atoms. The number of hydrogen-bond donors (Lipinski definition) is 2. The summed E-state index contributed by atoms with van der Waals surface area (Å²) in [5.74, 6) is -1.51. The Labute approximate surface area is 212 Å². The van der Waals surface area contributed by atoms with E-state index in [1.807, 2.05) is 6.92 Å². The van der Waals surface area contributed by atoms with Gasteiger partial charge in [0.25, 0.3) is 11.1 Å². The van der Waals surface area contributed by atoms with Crippen molar-refractivity contribution >= 4 is 74.1 Å². The largest absolute Gasteiger partial charge is 0.494 e. The van der Waals surface area contributed by atoms with E-state index >= 15 is 0 Å². The van der Waals surface area contributed by atoms with Gasteiger partial charge in [-0.3, -0.25) is 19.3 Å². The maximum atomic E-state index is 12.7. The number of benzene rings is 2. The fourth-order valence-corrected chi connectivity index (χ4v) is 4.69. The standard InChI is InChI=1S/C22H18BrClN2O7S/c1-2-32-14-5-3-13(4-6-14)25-18(27)10-26-21(30)17(34-22(26)31)9-12-7-15(23)20(16(24)8-12)33-11-19(28)29/h3-9H,2,10-11H2,1H3,(H,25,27)(H,28,29)/b17-9+. The summed E-state index contributed by atoms with van der Waals surface area (Å²) in [5.41, 5.74) is 0.976. The fraction of sp³-hybridized carbons (Fsp3) is 0.182. The highest BCUT2D eigenvalue weighted by Gasteiger charge is 2.36. The zero-order valence-electron chi connectivity index (χ0n) is 17.7. The van der Waals surface area contributed by atoms with Crippen molar-refractivity contribution in [2.75, 3.05) is 25.1 Å². The van der Waals surface area contributed by atoms with E-state index in [4.69, 9.17) is 26.2 Å². The number of ether oxygens (including phenoxy) is 2. The molecular formula is C22H18BrClN2O7S.